The van der Waals surface area contributed by atoms with E-state index in [0.717, 1.165) is 35.8 Å². The van der Waals surface area contributed by atoms with Crippen LogP contribution < -0.4 is 11.1 Å². The van der Waals surface area contributed by atoms with Gasteiger partial charge in [0.05, 0.1) is 11.1 Å². The van der Waals surface area contributed by atoms with E-state index in [-0.39, 0.29) is 5.91 Å². The fourth-order valence-electron chi connectivity index (χ4n) is 2.70. The summed E-state index contributed by atoms with van der Waals surface area (Å²) >= 11 is 3.41. The number of halogens is 1. The minimum atomic E-state index is -0.421. The summed E-state index contributed by atoms with van der Waals surface area (Å²) in [7, 11) is 0. The van der Waals surface area contributed by atoms with Crippen LogP contribution in [0.25, 0.3) is 0 Å². The van der Waals surface area contributed by atoms with Gasteiger partial charge in [-0.15, -0.1) is 0 Å². The number of carbonyl (C=O) groups excluding carboxylic acids is 1. The minimum Gasteiger partial charge on any atom is -0.329 e. The summed E-state index contributed by atoms with van der Waals surface area (Å²) in [6.07, 6.45) is 3.87. The first-order chi connectivity index (χ1) is 9.47. The standard InChI is InChI=1S/C15H22BrN3O/c1-10-5-7-15(9-17,8-6-10)14(20)19-13-4-3-12(16)11(2)18-13/h3-4,10H,5-9,17H2,1-2H3,(H,18,19,20). The van der Waals surface area contributed by atoms with E-state index in [2.05, 4.69) is 33.2 Å². The number of aromatic nitrogens is 1. The molecular weight excluding hydrogens is 318 g/mol. The molecule has 1 aromatic heterocycles. The van der Waals surface area contributed by atoms with E-state index in [1.807, 2.05) is 19.1 Å². The van der Waals surface area contributed by atoms with E-state index in [1.165, 1.54) is 0 Å². The second-order valence-corrected chi connectivity index (χ2v) is 6.74. The molecule has 20 heavy (non-hydrogen) atoms. The average Bonchev–Trinajstić information content (AvgIpc) is 2.44. The zero-order valence-corrected chi connectivity index (χ0v) is 13.7. The Hall–Kier alpha value is -0.940. The van der Waals surface area contributed by atoms with Crippen LogP contribution in [-0.2, 0) is 4.79 Å². The van der Waals surface area contributed by atoms with Gasteiger partial charge in [-0.1, -0.05) is 6.92 Å². The first kappa shape index (κ1) is 15.4. The van der Waals surface area contributed by atoms with Gasteiger partial charge in [-0.05, 0) is 66.6 Å². The van der Waals surface area contributed by atoms with E-state index in [9.17, 15) is 4.79 Å². The normalized spacial score (nSPS) is 26.3. The van der Waals surface area contributed by atoms with Gasteiger partial charge in [0.2, 0.25) is 5.91 Å². The smallest absolute Gasteiger partial charge is 0.233 e. The van der Waals surface area contributed by atoms with Gasteiger partial charge in [-0.25, -0.2) is 4.98 Å². The number of carbonyl (C=O) groups is 1. The molecular formula is C15H22BrN3O. The second-order valence-electron chi connectivity index (χ2n) is 5.88. The summed E-state index contributed by atoms with van der Waals surface area (Å²) in [6, 6.07) is 3.71. The maximum atomic E-state index is 12.6. The number of anilines is 1. The Morgan fingerprint density at radius 3 is 2.70 bits per heavy atom. The Bertz CT molecular complexity index is 496. The topological polar surface area (TPSA) is 68.0 Å². The van der Waals surface area contributed by atoms with E-state index in [0.29, 0.717) is 18.3 Å². The summed E-state index contributed by atoms with van der Waals surface area (Å²) in [4.78, 5) is 16.9. The van der Waals surface area contributed by atoms with Crippen molar-refractivity contribution >= 4 is 27.7 Å². The summed E-state index contributed by atoms with van der Waals surface area (Å²) < 4.78 is 0.940. The molecule has 1 aliphatic rings. The third-order valence-corrected chi connectivity index (χ3v) is 5.20. The number of rotatable bonds is 3. The van der Waals surface area contributed by atoms with E-state index < -0.39 is 5.41 Å². The molecule has 0 saturated heterocycles. The third-order valence-electron chi connectivity index (χ3n) is 4.37. The van der Waals surface area contributed by atoms with Crippen molar-refractivity contribution in [2.24, 2.45) is 17.1 Å². The first-order valence-corrected chi connectivity index (χ1v) is 7.91. The number of amides is 1. The molecule has 110 valence electrons. The number of hydrogen-bond donors (Lipinski definition) is 2. The summed E-state index contributed by atoms with van der Waals surface area (Å²) in [6.45, 7) is 4.54. The molecule has 0 spiro atoms. The molecule has 0 aliphatic heterocycles. The number of nitrogens with two attached hydrogens (primary N) is 1. The van der Waals surface area contributed by atoms with Crippen molar-refractivity contribution in [3.63, 3.8) is 0 Å². The highest BCUT2D eigenvalue weighted by molar-refractivity contribution is 9.10. The lowest BCUT2D eigenvalue weighted by atomic mass is 9.70. The van der Waals surface area contributed by atoms with Gasteiger partial charge in [0.15, 0.2) is 0 Å². The lowest BCUT2D eigenvalue weighted by molar-refractivity contribution is -0.127. The van der Waals surface area contributed by atoms with Gasteiger partial charge >= 0.3 is 0 Å². The van der Waals surface area contributed by atoms with E-state index in [4.69, 9.17) is 5.73 Å². The quantitative estimate of drug-likeness (QED) is 0.888. The second kappa shape index (κ2) is 6.22. The summed E-state index contributed by atoms with van der Waals surface area (Å²) in [5.74, 6) is 1.30. The molecule has 0 atom stereocenters. The maximum absolute atomic E-state index is 12.6. The van der Waals surface area contributed by atoms with Crippen LogP contribution in [0.2, 0.25) is 0 Å². The molecule has 4 nitrogen and oxygen atoms in total. The van der Waals surface area contributed by atoms with Crippen LogP contribution in [-0.4, -0.2) is 17.4 Å². The Balaban J connectivity index is 2.11. The highest BCUT2D eigenvalue weighted by Crippen LogP contribution is 2.39. The SMILES string of the molecule is Cc1nc(NC(=O)C2(CN)CCC(C)CC2)ccc1Br. The molecule has 1 fully saturated rings. The Kier molecular flexibility index (Phi) is 4.81. The molecule has 1 amide bonds. The van der Waals surface area contributed by atoms with Gasteiger partial charge in [0.25, 0.3) is 0 Å². The van der Waals surface area contributed by atoms with E-state index >= 15 is 0 Å². The molecule has 3 N–H and O–H groups in total. The van der Waals surface area contributed by atoms with Crippen molar-refractivity contribution in [2.45, 2.75) is 39.5 Å². The lowest BCUT2D eigenvalue weighted by Gasteiger charge is -2.37. The maximum Gasteiger partial charge on any atom is 0.233 e. The van der Waals surface area contributed by atoms with Crippen LogP contribution in [0.5, 0.6) is 0 Å². The van der Waals surface area contributed by atoms with Gasteiger partial charge in [-0.2, -0.15) is 0 Å². The lowest BCUT2D eigenvalue weighted by Crippen LogP contribution is -2.45. The summed E-state index contributed by atoms with van der Waals surface area (Å²) in [5, 5.41) is 2.94. The number of hydrogen-bond acceptors (Lipinski definition) is 3. The number of pyridine rings is 1. The molecule has 0 bridgehead atoms. The Morgan fingerprint density at radius 2 is 2.15 bits per heavy atom. The fourth-order valence-corrected chi connectivity index (χ4v) is 2.92. The number of aryl methyl sites for hydroxylation is 1. The van der Waals surface area contributed by atoms with Crippen molar-refractivity contribution in [2.75, 3.05) is 11.9 Å². The highest BCUT2D eigenvalue weighted by atomic mass is 79.9. The van der Waals surface area contributed by atoms with Crippen LogP contribution in [0.4, 0.5) is 5.82 Å². The molecule has 0 unspecified atom stereocenters. The Morgan fingerprint density at radius 1 is 1.50 bits per heavy atom. The molecule has 1 aliphatic carbocycles. The average molecular weight is 340 g/mol. The molecule has 1 aromatic rings. The molecule has 1 saturated carbocycles. The third kappa shape index (κ3) is 3.20. The van der Waals surface area contributed by atoms with Gasteiger partial charge in [0, 0.05) is 11.0 Å². The van der Waals surface area contributed by atoms with Crippen LogP contribution in [0.15, 0.2) is 16.6 Å². The molecule has 5 heteroatoms. The van der Waals surface area contributed by atoms with Crippen molar-refractivity contribution in [3.8, 4) is 0 Å². The van der Waals surface area contributed by atoms with Gasteiger partial charge in [0.1, 0.15) is 5.82 Å². The predicted molar refractivity (Wildman–Crippen MR) is 84.4 cm³/mol. The van der Waals surface area contributed by atoms with Gasteiger partial charge in [-0.3, -0.25) is 4.79 Å². The van der Waals surface area contributed by atoms with Crippen molar-refractivity contribution < 1.29 is 4.79 Å². The minimum absolute atomic E-state index is 0.0149. The molecule has 0 radical (unpaired) electrons. The molecule has 0 aromatic carbocycles. The zero-order valence-electron chi connectivity index (χ0n) is 12.1. The van der Waals surface area contributed by atoms with Crippen LogP contribution in [0.3, 0.4) is 0 Å². The highest BCUT2D eigenvalue weighted by Gasteiger charge is 2.39. The van der Waals surface area contributed by atoms with Crippen LogP contribution >= 0.6 is 15.9 Å². The fraction of sp³-hybridized carbons (Fsp3) is 0.600. The van der Waals surface area contributed by atoms with E-state index in [1.54, 1.807) is 0 Å². The molecule has 1 heterocycles. The zero-order chi connectivity index (χ0) is 14.8. The number of nitrogens with one attached hydrogen (secondary N) is 1. The Labute approximate surface area is 128 Å². The summed E-state index contributed by atoms with van der Waals surface area (Å²) in [5.41, 5.74) is 6.34. The molecule has 2 rings (SSSR count). The first-order valence-electron chi connectivity index (χ1n) is 7.11. The largest absolute Gasteiger partial charge is 0.329 e. The predicted octanol–water partition coefficient (Wildman–Crippen LogP) is 3.25. The van der Waals surface area contributed by atoms with Crippen molar-refractivity contribution in [1.82, 2.24) is 4.98 Å². The van der Waals surface area contributed by atoms with Crippen molar-refractivity contribution in [1.29, 1.82) is 0 Å². The van der Waals surface area contributed by atoms with Gasteiger partial charge < -0.3 is 11.1 Å². The van der Waals surface area contributed by atoms with Crippen LogP contribution in [0.1, 0.15) is 38.3 Å². The van der Waals surface area contributed by atoms with Crippen LogP contribution in [0, 0.1) is 18.3 Å². The number of nitrogens with zero attached hydrogens (tertiary/aromatic N) is 1. The van der Waals surface area contributed by atoms with Crippen molar-refractivity contribution in [3.05, 3.63) is 22.3 Å². The monoisotopic (exact) mass is 339 g/mol.